The Morgan fingerprint density at radius 3 is 2.84 bits per heavy atom. The minimum Gasteiger partial charge on any atom is -0.480 e. The number of carboxylic acid groups (broad SMARTS) is 1. The lowest BCUT2D eigenvalue weighted by Gasteiger charge is -2.25. The van der Waals surface area contributed by atoms with E-state index in [-0.39, 0.29) is 19.0 Å². The van der Waals surface area contributed by atoms with Gasteiger partial charge in [-0.1, -0.05) is 0 Å². The molecule has 1 heterocycles. The van der Waals surface area contributed by atoms with Crippen LogP contribution in [0.2, 0.25) is 0 Å². The summed E-state index contributed by atoms with van der Waals surface area (Å²) in [5.74, 6) is -1.15. The molecule has 0 radical (unpaired) electrons. The Hall–Kier alpha value is -1.18. The number of amides is 1. The van der Waals surface area contributed by atoms with Gasteiger partial charge in [0, 0.05) is 26.7 Å². The highest BCUT2D eigenvalue weighted by molar-refractivity contribution is 5.82. The molecule has 7 nitrogen and oxygen atoms in total. The second-order valence-corrected chi connectivity index (χ2v) is 4.58. The molecule has 1 amide bonds. The monoisotopic (exact) mass is 273 g/mol. The number of nitrogens with one attached hydrogen (secondary N) is 1. The van der Waals surface area contributed by atoms with E-state index in [2.05, 4.69) is 10.2 Å². The second kappa shape index (κ2) is 8.84. The van der Waals surface area contributed by atoms with Crippen LogP contribution in [-0.2, 0) is 14.3 Å². The summed E-state index contributed by atoms with van der Waals surface area (Å²) in [4.78, 5) is 26.3. The fraction of sp³-hybridized carbons (Fsp3) is 0.833. The summed E-state index contributed by atoms with van der Waals surface area (Å²) in [6.07, 6.45) is 1.00. The number of methoxy groups -OCH3 is 1. The number of carbonyl (C=O) groups excluding carboxylic acids is 1. The summed E-state index contributed by atoms with van der Waals surface area (Å²) in [7, 11) is 1.53. The predicted molar refractivity (Wildman–Crippen MR) is 70.0 cm³/mol. The average molecular weight is 273 g/mol. The molecule has 110 valence electrons. The van der Waals surface area contributed by atoms with Crippen LogP contribution >= 0.6 is 0 Å². The van der Waals surface area contributed by atoms with Gasteiger partial charge in [0.05, 0.1) is 13.2 Å². The van der Waals surface area contributed by atoms with E-state index in [1.807, 2.05) is 0 Å². The minimum atomic E-state index is -0.998. The molecule has 0 bridgehead atoms. The Bertz CT molecular complexity index is 291. The Morgan fingerprint density at radius 2 is 2.16 bits per heavy atom. The maximum Gasteiger partial charge on any atom is 0.323 e. The van der Waals surface area contributed by atoms with Crippen molar-refractivity contribution in [2.45, 2.75) is 6.42 Å². The van der Waals surface area contributed by atoms with Gasteiger partial charge in [0.15, 0.2) is 0 Å². The maximum absolute atomic E-state index is 12.1. The van der Waals surface area contributed by atoms with E-state index < -0.39 is 5.97 Å². The van der Waals surface area contributed by atoms with Crippen molar-refractivity contribution in [1.29, 1.82) is 0 Å². The molecule has 1 rings (SSSR count). The topological polar surface area (TPSA) is 82.1 Å². The summed E-state index contributed by atoms with van der Waals surface area (Å²) in [5, 5.41) is 12.1. The van der Waals surface area contributed by atoms with Gasteiger partial charge in [-0.2, -0.15) is 0 Å². The van der Waals surface area contributed by atoms with Crippen LogP contribution in [0.4, 0.5) is 0 Å². The van der Waals surface area contributed by atoms with Crippen molar-refractivity contribution in [1.82, 2.24) is 15.1 Å². The van der Waals surface area contributed by atoms with Crippen LogP contribution in [0.25, 0.3) is 0 Å². The van der Waals surface area contributed by atoms with Crippen LogP contribution < -0.4 is 5.32 Å². The lowest BCUT2D eigenvalue weighted by molar-refractivity contribution is -0.145. The van der Waals surface area contributed by atoms with Crippen LogP contribution in [0, 0.1) is 0 Å². The summed E-state index contributed by atoms with van der Waals surface area (Å²) >= 11 is 0. The highest BCUT2D eigenvalue weighted by Crippen LogP contribution is 1.99. The predicted octanol–water partition coefficient (Wildman–Crippen LogP) is -1.16. The second-order valence-electron chi connectivity index (χ2n) is 4.58. The van der Waals surface area contributed by atoms with E-state index in [1.165, 1.54) is 12.0 Å². The van der Waals surface area contributed by atoms with Crippen LogP contribution in [-0.4, -0.2) is 86.3 Å². The summed E-state index contributed by atoms with van der Waals surface area (Å²) in [5.41, 5.74) is 0. The van der Waals surface area contributed by atoms with E-state index >= 15 is 0 Å². The van der Waals surface area contributed by atoms with Gasteiger partial charge in [-0.25, -0.2) is 0 Å². The Kier molecular flexibility index (Phi) is 7.39. The molecule has 0 atom stereocenters. The molecule has 0 aromatic carbocycles. The number of carboxylic acids is 1. The molecule has 0 aromatic heterocycles. The Balaban J connectivity index is 2.46. The largest absolute Gasteiger partial charge is 0.480 e. The highest BCUT2D eigenvalue weighted by atomic mass is 16.5. The number of hydrogen-bond acceptors (Lipinski definition) is 5. The quantitative estimate of drug-likeness (QED) is 0.609. The van der Waals surface area contributed by atoms with E-state index in [0.29, 0.717) is 13.2 Å². The molecule has 19 heavy (non-hydrogen) atoms. The van der Waals surface area contributed by atoms with Gasteiger partial charge in [0.25, 0.3) is 0 Å². The highest BCUT2D eigenvalue weighted by Gasteiger charge is 2.20. The van der Waals surface area contributed by atoms with E-state index in [4.69, 9.17) is 9.84 Å². The van der Waals surface area contributed by atoms with Gasteiger partial charge < -0.3 is 20.1 Å². The fourth-order valence-electron chi connectivity index (χ4n) is 2.01. The van der Waals surface area contributed by atoms with Crippen molar-refractivity contribution in [3.63, 3.8) is 0 Å². The van der Waals surface area contributed by atoms with Gasteiger partial charge in [0.2, 0.25) is 5.91 Å². The molecule has 0 unspecified atom stereocenters. The number of ether oxygens (including phenoxy) is 1. The van der Waals surface area contributed by atoms with Crippen LogP contribution in [0.15, 0.2) is 0 Å². The first-order valence-corrected chi connectivity index (χ1v) is 6.55. The standard InChI is InChI=1S/C12H23N3O4/c1-19-8-7-15(10-12(17)18)11(16)9-14-5-2-3-13-4-6-14/h13H,2-10H2,1H3,(H,17,18). The van der Waals surface area contributed by atoms with Gasteiger partial charge in [0.1, 0.15) is 6.54 Å². The molecule has 0 spiro atoms. The number of aliphatic carboxylic acids is 1. The van der Waals surface area contributed by atoms with Crippen LogP contribution in [0.1, 0.15) is 6.42 Å². The summed E-state index contributed by atoms with van der Waals surface area (Å²) in [6, 6.07) is 0. The first kappa shape index (κ1) is 15.9. The fourth-order valence-corrected chi connectivity index (χ4v) is 2.01. The SMILES string of the molecule is COCCN(CC(=O)O)C(=O)CN1CCCNCC1. The average Bonchev–Trinajstić information content (AvgIpc) is 2.62. The van der Waals surface area contributed by atoms with E-state index in [1.54, 1.807) is 0 Å². The zero-order valence-electron chi connectivity index (χ0n) is 11.4. The van der Waals surface area contributed by atoms with Crippen molar-refractivity contribution < 1.29 is 19.4 Å². The smallest absolute Gasteiger partial charge is 0.323 e. The van der Waals surface area contributed by atoms with E-state index in [9.17, 15) is 9.59 Å². The summed E-state index contributed by atoms with van der Waals surface area (Å²) < 4.78 is 4.90. The lowest BCUT2D eigenvalue weighted by atomic mass is 10.3. The van der Waals surface area contributed by atoms with Crippen molar-refractivity contribution in [3.8, 4) is 0 Å². The number of carbonyl (C=O) groups is 2. The molecular formula is C12H23N3O4. The Labute approximate surface area is 113 Å². The van der Waals surface area contributed by atoms with Crippen molar-refractivity contribution >= 4 is 11.9 Å². The van der Waals surface area contributed by atoms with Gasteiger partial charge in [-0.05, 0) is 19.5 Å². The third-order valence-electron chi connectivity index (χ3n) is 3.04. The first-order valence-electron chi connectivity index (χ1n) is 6.55. The third kappa shape index (κ3) is 6.51. The molecular weight excluding hydrogens is 250 g/mol. The first-order chi connectivity index (χ1) is 9.13. The molecule has 1 aliphatic heterocycles. The molecule has 0 aliphatic carbocycles. The molecule has 7 heteroatoms. The zero-order valence-corrected chi connectivity index (χ0v) is 11.4. The third-order valence-corrected chi connectivity index (χ3v) is 3.04. The van der Waals surface area contributed by atoms with Crippen molar-refractivity contribution in [2.24, 2.45) is 0 Å². The molecule has 0 saturated carbocycles. The van der Waals surface area contributed by atoms with Gasteiger partial charge >= 0.3 is 5.97 Å². The Morgan fingerprint density at radius 1 is 1.37 bits per heavy atom. The van der Waals surface area contributed by atoms with Crippen LogP contribution in [0.5, 0.6) is 0 Å². The zero-order chi connectivity index (χ0) is 14.1. The molecule has 1 aliphatic rings. The van der Waals surface area contributed by atoms with Crippen molar-refractivity contribution in [2.75, 3.05) is 59.5 Å². The lowest BCUT2D eigenvalue weighted by Crippen LogP contribution is -2.44. The molecule has 1 saturated heterocycles. The molecule has 1 fully saturated rings. The van der Waals surface area contributed by atoms with Crippen LogP contribution in [0.3, 0.4) is 0 Å². The van der Waals surface area contributed by atoms with Crippen molar-refractivity contribution in [3.05, 3.63) is 0 Å². The number of rotatable bonds is 7. The van der Waals surface area contributed by atoms with E-state index in [0.717, 1.165) is 32.6 Å². The van der Waals surface area contributed by atoms with Gasteiger partial charge in [-0.3, -0.25) is 14.5 Å². The molecule has 0 aromatic rings. The maximum atomic E-state index is 12.1. The number of nitrogens with zero attached hydrogens (tertiary/aromatic N) is 2. The minimum absolute atomic E-state index is 0.152. The normalized spacial score (nSPS) is 16.9. The van der Waals surface area contributed by atoms with Gasteiger partial charge in [-0.15, -0.1) is 0 Å². The number of hydrogen-bond donors (Lipinski definition) is 2. The molecule has 2 N–H and O–H groups in total. The summed E-state index contributed by atoms with van der Waals surface area (Å²) in [6.45, 7) is 4.18.